The predicted molar refractivity (Wildman–Crippen MR) is 47.4 cm³/mol. The Morgan fingerprint density at radius 3 is 2.67 bits per heavy atom. The Balaban J connectivity index is 3.21. The van der Waals surface area contributed by atoms with Crippen molar-refractivity contribution >= 4 is 17.3 Å². The summed E-state index contributed by atoms with van der Waals surface area (Å²) in [5.74, 6) is -1.40. The third-order valence-corrected chi connectivity index (χ3v) is 1.59. The minimum atomic E-state index is -1.40. The second-order valence-corrected chi connectivity index (χ2v) is 2.49. The first-order valence-electron chi connectivity index (χ1n) is 3.64. The van der Waals surface area contributed by atoms with E-state index >= 15 is 0 Å². The van der Waals surface area contributed by atoms with Gasteiger partial charge in [0.15, 0.2) is 0 Å². The molecular weight excluding hydrogens is 208 g/mol. The normalized spacial score (nSPS) is 9.67. The largest absolute Gasteiger partial charge is 0.477 e. The van der Waals surface area contributed by atoms with E-state index in [9.17, 15) is 14.9 Å². The van der Waals surface area contributed by atoms with Crippen LogP contribution in [0.1, 0.15) is 10.4 Å². The summed E-state index contributed by atoms with van der Waals surface area (Å²) in [5.41, 5.74) is 0.957. The first-order chi connectivity index (χ1) is 7.06. The van der Waals surface area contributed by atoms with Crippen molar-refractivity contribution in [3.8, 4) is 0 Å². The molecule has 3 N–H and O–H groups in total. The van der Waals surface area contributed by atoms with E-state index < -0.39 is 22.1 Å². The molecule has 0 spiro atoms. The van der Waals surface area contributed by atoms with Crippen molar-refractivity contribution in [3.05, 3.63) is 33.9 Å². The van der Waals surface area contributed by atoms with Crippen molar-refractivity contribution in [3.63, 3.8) is 0 Å². The number of nitrogens with zero attached hydrogens (tertiary/aromatic N) is 1. The van der Waals surface area contributed by atoms with Crippen molar-refractivity contribution in [1.29, 1.82) is 0 Å². The van der Waals surface area contributed by atoms with E-state index in [1.165, 1.54) is 6.07 Å². The Labute approximate surface area is 82.7 Å². The van der Waals surface area contributed by atoms with Gasteiger partial charge in [-0.1, -0.05) is 0 Å². The van der Waals surface area contributed by atoms with Gasteiger partial charge in [0.05, 0.1) is 10.6 Å². The number of nitro groups is 1. The molecule has 1 aromatic carbocycles. The number of hydrogen-bond donors (Lipinski definition) is 3. The second kappa shape index (κ2) is 4.35. The Hall–Kier alpha value is -2.19. The highest BCUT2D eigenvalue weighted by Crippen LogP contribution is 2.23. The third kappa shape index (κ3) is 2.39. The monoisotopic (exact) mass is 214 g/mol. The average molecular weight is 214 g/mol. The quantitative estimate of drug-likeness (QED) is 0.389. The molecule has 0 heterocycles. The Morgan fingerprint density at radius 2 is 2.20 bits per heavy atom. The van der Waals surface area contributed by atoms with E-state index in [0.717, 1.165) is 12.1 Å². The molecule has 0 bridgehead atoms. The SMILES string of the molecule is O=C(O)c1ccc(NOO)cc1[N+](=O)[O-]. The van der Waals surface area contributed by atoms with Crippen LogP contribution in [0.5, 0.6) is 0 Å². The summed E-state index contributed by atoms with van der Waals surface area (Å²) < 4.78 is 0. The highest BCUT2D eigenvalue weighted by Gasteiger charge is 2.19. The molecule has 1 rings (SSSR count). The van der Waals surface area contributed by atoms with Gasteiger partial charge in [-0.3, -0.25) is 10.1 Å². The van der Waals surface area contributed by atoms with Crippen LogP contribution < -0.4 is 5.48 Å². The van der Waals surface area contributed by atoms with Crippen LogP contribution in [0.15, 0.2) is 18.2 Å². The summed E-state index contributed by atoms with van der Waals surface area (Å²) >= 11 is 0. The number of aromatic carboxylic acids is 1. The first-order valence-corrected chi connectivity index (χ1v) is 3.64. The molecule has 15 heavy (non-hydrogen) atoms. The molecule has 0 radical (unpaired) electrons. The number of nitro benzene ring substituents is 1. The number of rotatable bonds is 4. The number of carbonyl (C=O) groups is 1. The van der Waals surface area contributed by atoms with Crippen molar-refractivity contribution < 1.29 is 25.1 Å². The maximum atomic E-state index is 10.6. The summed E-state index contributed by atoms with van der Waals surface area (Å²) in [6, 6.07) is 3.17. The average Bonchev–Trinajstić information content (AvgIpc) is 2.17. The Kier molecular flexibility index (Phi) is 3.16. The van der Waals surface area contributed by atoms with Crippen molar-refractivity contribution in [2.75, 3.05) is 5.48 Å². The molecule has 0 amide bonds. The van der Waals surface area contributed by atoms with Gasteiger partial charge in [-0.15, -0.1) is 4.99 Å². The molecule has 0 aliphatic carbocycles. The fourth-order valence-electron chi connectivity index (χ4n) is 0.980. The highest BCUT2D eigenvalue weighted by molar-refractivity contribution is 5.93. The van der Waals surface area contributed by atoms with Gasteiger partial charge < -0.3 is 5.11 Å². The molecule has 8 nitrogen and oxygen atoms in total. The van der Waals surface area contributed by atoms with Gasteiger partial charge in [-0.05, 0) is 12.1 Å². The van der Waals surface area contributed by atoms with E-state index in [1.54, 1.807) is 0 Å². The van der Waals surface area contributed by atoms with Crippen LogP contribution in [0.25, 0.3) is 0 Å². The molecule has 1 aromatic rings. The van der Waals surface area contributed by atoms with E-state index in [1.807, 2.05) is 5.48 Å². The van der Waals surface area contributed by atoms with E-state index in [4.69, 9.17) is 10.4 Å². The molecular formula is C7H6N2O6. The Morgan fingerprint density at radius 1 is 1.53 bits per heavy atom. The molecule has 0 saturated heterocycles. The molecule has 0 aliphatic rings. The van der Waals surface area contributed by atoms with Gasteiger partial charge in [0.2, 0.25) is 0 Å². The van der Waals surface area contributed by atoms with Gasteiger partial charge in [0.25, 0.3) is 5.69 Å². The van der Waals surface area contributed by atoms with Crippen LogP contribution in [-0.4, -0.2) is 21.3 Å². The predicted octanol–water partition coefficient (Wildman–Crippen LogP) is 1.11. The zero-order chi connectivity index (χ0) is 11.4. The first kappa shape index (κ1) is 10.9. The summed E-state index contributed by atoms with van der Waals surface area (Å²) in [5, 5.41) is 27.2. The topological polar surface area (TPSA) is 122 Å². The molecule has 80 valence electrons. The molecule has 0 fully saturated rings. The maximum Gasteiger partial charge on any atom is 0.342 e. The molecule has 8 heteroatoms. The minimum Gasteiger partial charge on any atom is -0.477 e. The fourth-order valence-corrected chi connectivity index (χ4v) is 0.980. The summed E-state index contributed by atoms with van der Waals surface area (Å²) in [7, 11) is 0. The summed E-state index contributed by atoms with van der Waals surface area (Å²) in [6.07, 6.45) is 0. The van der Waals surface area contributed by atoms with E-state index in [0.29, 0.717) is 0 Å². The van der Waals surface area contributed by atoms with Crippen LogP contribution in [0.2, 0.25) is 0 Å². The lowest BCUT2D eigenvalue weighted by Crippen LogP contribution is -2.04. The van der Waals surface area contributed by atoms with Crippen LogP contribution in [-0.2, 0) is 4.99 Å². The lowest BCUT2D eigenvalue weighted by Gasteiger charge is -2.02. The minimum absolute atomic E-state index is 0.0641. The number of benzene rings is 1. The number of carboxylic acids is 1. The zero-order valence-corrected chi connectivity index (χ0v) is 7.21. The highest BCUT2D eigenvalue weighted by atomic mass is 17.2. The standard InChI is InChI=1S/C7H6N2O6/c10-7(11)5-2-1-4(8-15-14)3-6(5)9(12)13/h1-3,8,14H,(H,10,11). The van der Waals surface area contributed by atoms with Crippen LogP contribution >= 0.6 is 0 Å². The summed E-state index contributed by atoms with van der Waals surface area (Å²) in [6.45, 7) is 0. The van der Waals surface area contributed by atoms with E-state index in [-0.39, 0.29) is 5.69 Å². The molecule has 0 unspecified atom stereocenters. The second-order valence-electron chi connectivity index (χ2n) is 2.49. The molecule has 0 atom stereocenters. The van der Waals surface area contributed by atoms with Crippen LogP contribution in [0.4, 0.5) is 11.4 Å². The third-order valence-electron chi connectivity index (χ3n) is 1.59. The molecule has 0 aliphatic heterocycles. The number of hydrogen-bond acceptors (Lipinski definition) is 6. The Bertz CT molecular complexity index is 404. The lowest BCUT2D eigenvalue weighted by molar-refractivity contribution is -0.385. The smallest absolute Gasteiger partial charge is 0.342 e. The maximum absolute atomic E-state index is 10.6. The van der Waals surface area contributed by atoms with Crippen molar-refractivity contribution in [1.82, 2.24) is 0 Å². The van der Waals surface area contributed by atoms with Gasteiger partial charge in [-0.2, -0.15) is 0 Å². The van der Waals surface area contributed by atoms with Gasteiger partial charge >= 0.3 is 5.97 Å². The molecule has 0 saturated carbocycles. The number of carboxylic acid groups (broad SMARTS) is 1. The van der Waals surface area contributed by atoms with Gasteiger partial charge in [-0.25, -0.2) is 15.5 Å². The van der Waals surface area contributed by atoms with Crippen molar-refractivity contribution in [2.45, 2.75) is 0 Å². The molecule has 0 aromatic heterocycles. The summed E-state index contributed by atoms with van der Waals surface area (Å²) in [4.78, 5) is 23.8. The van der Waals surface area contributed by atoms with Crippen LogP contribution in [0.3, 0.4) is 0 Å². The zero-order valence-electron chi connectivity index (χ0n) is 7.21. The number of anilines is 1. The fraction of sp³-hybridized carbons (Fsp3) is 0. The van der Waals surface area contributed by atoms with Crippen LogP contribution in [0, 0.1) is 10.1 Å². The van der Waals surface area contributed by atoms with E-state index in [2.05, 4.69) is 4.99 Å². The van der Waals surface area contributed by atoms with Gasteiger partial charge in [0, 0.05) is 6.07 Å². The van der Waals surface area contributed by atoms with Gasteiger partial charge in [0.1, 0.15) is 5.56 Å². The lowest BCUT2D eigenvalue weighted by atomic mass is 10.1. The number of nitrogens with one attached hydrogen (secondary N) is 1. The van der Waals surface area contributed by atoms with Crippen molar-refractivity contribution in [2.24, 2.45) is 0 Å².